The highest BCUT2D eigenvalue weighted by atomic mass is 32.2. The van der Waals surface area contributed by atoms with Crippen LogP contribution in [-0.4, -0.2) is 90.0 Å². The number of nitrogens with one attached hydrogen (secondary N) is 2. The molecule has 2 aromatic rings. The highest BCUT2D eigenvalue weighted by molar-refractivity contribution is 7.82. The van der Waals surface area contributed by atoms with Crippen molar-refractivity contribution in [1.82, 2.24) is 15.1 Å². The fraction of sp³-hybridized carbons (Fsp3) is 0.400. The molecule has 0 bridgehead atoms. The molecule has 0 aliphatic carbocycles. The van der Waals surface area contributed by atoms with E-state index in [9.17, 15) is 19.3 Å². The van der Waals surface area contributed by atoms with Gasteiger partial charge in [-0.05, 0) is 48.2 Å². The third-order valence-electron chi connectivity index (χ3n) is 5.94. The van der Waals surface area contributed by atoms with E-state index in [1.807, 2.05) is 43.2 Å². The second kappa shape index (κ2) is 17.3. The van der Waals surface area contributed by atoms with Crippen LogP contribution in [0.1, 0.15) is 12.8 Å². The van der Waals surface area contributed by atoms with Gasteiger partial charge < -0.3 is 30.4 Å². The molecular weight excluding hydrogens is 516 g/mol. The molecule has 6 N–H and O–H groups in total. The quantitative estimate of drug-likeness (QED) is 0.113. The van der Waals surface area contributed by atoms with Gasteiger partial charge in [0.15, 0.2) is 0 Å². The van der Waals surface area contributed by atoms with Crippen LogP contribution in [0.15, 0.2) is 53.4 Å². The summed E-state index contributed by atoms with van der Waals surface area (Å²) in [6.07, 6.45) is 1.05. The third-order valence-corrected chi connectivity index (χ3v) is 7.62. The minimum atomic E-state index is -1.75. The maximum absolute atomic E-state index is 13.7. The van der Waals surface area contributed by atoms with Crippen molar-refractivity contribution in [3.8, 4) is 16.9 Å². The van der Waals surface area contributed by atoms with Crippen molar-refractivity contribution < 1.29 is 38.4 Å². The molecule has 1 heterocycles. The lowest BCUT2D eigenvalue weighted by Crippen LogP contribution is -2.62. The van der Waals surface area contributed by atoms with E-state index in [4.69, 9.17) is 19.1 Å². The molecule has 1 aliphatic rings. The van der Waals surface area contributed by atoms with Gasteiger partial charge in [0.05, 0.1) is 25.2 Å². The zero-order chi connectivity index (χ0) is 28.6. The number of hydrogen-bond donors (Lipinski definition) is 5. The summed E-state index contributed by atoms with van der Waals surface area (Å²) in [5, 5.41) is 22.5. The Bertz CT molecular complexity index is 1010. The van der Waals surface area contributed by atoms with Crippen molar-refractivity contribution in [2.45, 2.75) is 29.3 Å². The summed E-state index contributed by atoms with van der Waals surface area (Å²) in [4.78, 5) is 29.9. The van der Waals surface area contributed by atoms with Crippen molar-refractivity contribution in [2.75, 3.05) is 40.5 Å². The lowest BCUT2D eigenvalue weighted by atomic mass is 9.96. The molecule has 3 rings (SSSR count). The van der Waals surface area contributed by atoms with Crippen molar-refractivity contribution in [2.24, 2.45) is 5.73 Å². The number of carbonyl (C=O) groups is 3. The number of hydrogen-bond acceptors (Lipinski definition) is 9. The molecule has 12 nitrogen and oxygen atoms in total. The molecule has 0 saturated carbocycles. The summed E-state index contributed by atoms with van der Waals surface area (Å²) in [6.45, 7) is 2.82. The Morgan fingerprint density at radius 2 is 1.74 bits per heavy atom. The van der Waals surface area contributed by atoms with Crippen molar-refractivity contribution in [3.05, 3.63) is 48.5 Å². The van der Waals surface area contributed by atoms with E-state index in [-0.39, 0.29) is 19.6 Å². The van der Waals surface area contributed by atoms with Gasteiger partial charge in [-0.2, -0.15) is 4.31 Å². The Labute approximate surface area is 224 Å². The van der Waals surface area contributed by atoms with Gasteiger partial charge in [0.2, 0.25) is 6.41 Å². The SMILES string of the molecule is C=O.COCCNCC1(C(=O)NO)CCC(CO)N1S(=O)c1ccc(-c2ccc(OC)cc2)cc1.NC=O. The van der Waals surface area contributed by atoms with E-state index < -0.39 is 28.5 Å². The highest BCUT2D eigenvalue weighted by Crippen LogP contribution is 2.37. The smallest absolute Gasteiger partial charge is 0.266 e. The van der Waals surface area contributed by atoms with Gasteiger partial charge in [-0.25, -0.2) is 9.69 Å². The van der Waals surface area contributed by atoms with Crippen LogP contribution < -0.4 is 21.3 Å². The van der Waals surface area contributed by atoms with E-state index in [0.717, 1.165) is 16.9 Å². The zero-order valence-corrected chi connectivity index (χ0v) is 22.3. The van der Waals surface area contributed by atoms with E-state index in [2.05, 4.69) is 11.1 Å². The van der Waals surface area contributed by atoms with Gasteiger partial charge >= 0.3 is 0 Å². The molecule has 3 unspecified atom stereocenters. The molecule has 38 heavy (non-hydrogen) atoms. The van der Waals surface area contributed by atoms with Crippen LogP contribution in [0.3, 0.4) is 0 Å². The van der Waals surface area contributed by atoms with Crippen LogP contribution in [0, 0.1) is 0 Å². The lowest BCUT2D eigenvalue weighted by molar-refractivity contribution is -0.138. The maximum Gasteiger partial charge on any atom is 0.266 e. The molecule has 1 saturated heterocycles. The van der Waals surface area contributed by atoms with Gasteiger partial charge in [-0.1, -0.05) is 24.3 Å². The molecular formula is C25H36N4O8S. The third kappa shape index (κ3) is 8.15. The topological polar surface area (TPSA) is 181 Å². The Morgan fingerprint density at radius 3 is 2.21 bits per heavy atom. The average Bonchev–Trinajstić information content (AvgIpc) is 3.35. The predicted octanol–water partition coefficient (Wildman–Crippen LogP) is 0.238. The lowest BCUT2D eigenvalue weighted by Gasteiger charge is -2.37. The van der Waals surface area contributed by atoms with Crippen LogP contribution in [0.4, 0.5) is 0 Å². The number of aliphatic hydroxyl groups is 1. The number of nitrogens with two attached hydrogens (primary N) is 1. The van der Waals surface area contributed by atoms with Gasteiger partial charge in [-0.3, -0.25) is 14.8 Å². The van der Waals surface area contributed by atoms with Crippen LogP contribution in [0.5, 0.6) is 5.75 Å². The van der Waals surface area contributed by atoms with Crippen LogP contribution in [0.25, 0.3) is 11.1 Å². The zero-order valence-electron chi connectivity index (χ0n) is 21.5. The molecule has 0 spiro atoms. The summed E-state index contributed by atoms with van der Waals surface area (Å²) < 4.78 is 25.4. The number of primary amides is 1. The van der Waals surface area contributed by atoms with Crippen LogP contribution >= 0.6 is 0 Å². The molecule has 1 fully saturated rings. The standard InChI is InChI=1S/C23H31N3O6S.CH3NO.CH2O/c1-31-14-13-24-16-23(22(28)25-29)12-11-19(15-27)26(23)33(30)21-9-5-18(6-10-21)17-3-7-20(32-2)8-4-17;2-1-3;1-2/h3-10,19,24,27,29H,11-16H2,1-2H3,(H,25,28);1H,(H2,2,3);1H2. The number of methoxy groups -OCH3 is 2. The second-order valence-electron chi connectivity index (χ2n) is 7.98. The summed E-state index contributed by atoms with van der Waals surface area (Å²) in [6, 6.07) is 14.4. The summed E-state index contributed by atoms with van der Waals surface area (Å²) >= 11 is 0. The molecule has 2 amide bonds. The Hall–Kier alpha value is -3.20. The highest BCUT2D eigenvalue weighted by Gasteiger charge is 2.54. The fourth-order valence-corrected chi connectivity index (χ4v) is 5.73. The van der Waals surface area contributed by atoms with E-state index in [0.29, 0.717) is 30.9 Å². The van der Waals surface area contributed by atoms with E-state index in [1.54, 1.807) is 31.8 Å². The molecule has 3 atom stereocenters. The second-order valence-corrected chi connectivity index (χ2v) is 9.34. The molecule has 13 heteroatoms. The predicted molar refractivity (Wildman–Crippen MR) is 142 cm³/mol. The van der Waals surface area contributed by atoms with E-state index >= 15 is 0 Å². The number of hydroxylamine groups is 1. The number of amides is 2. The van der Waals surface area contributed by atoms with Crippen molar-refractivity contribution in [3.63, 3.8) is 0 Å². The first-order chi connectivity index (χ1) is 18.4. The fourth-order valence-electron chi connectivity index (χ4n) is 4.14. The Kier molecular flexibility index (Phi) is 15.0. The largest absolute Gasteiger partial charge is 0.497 e. The number of ether oxygens (including phenoxy) is 2. The van der Waals surface area contributed by atoms with Crippen LogP contribution in [-0.2, 0) is 30.1 Å². The first kappa shape index (κ1) is 32.8. The first-order valence-electron chi connectivity index (χ1n) is 11.6. The first-order valence-corrected chi connectivity index (χ1v) is 12.7. The summed E-state index contributed by atoms with van der Waals surface area (Å²) in [5.74, 6) is 0.102. The molecule has 0 radical (unpaired) electrons. The number of rotatable bonds is 11. The number of benzene rings is 2. The summed E-state index contributed by atoms with van der Waals surface area (Å²) in [5.41, 5.74) is 6.54. The minimum Gasteiger partial charge on any atom is -0.497 e. The minimum absolute atomic E-state index is 0.148. The molecule has 1 aliphatic heterocycles. The van der Waals surface area contributed by atoms with Crippen molar-refractivity contribution >= 4 is 30.1 Å². The maximum atomic E-state index is 13.7. The van der Waals surface area contributed by atoms with Crippen molar-refractivity contribution in [1.29, 1.82) is 0 Å². The number of carbonyl (C=O) groups excluding carboxylic acids is 3. The van der Waals surface area contributed by atoms with Gasteiger partial charge in [0.1, 0.15) is 29.1 Å². The van der Waals surface area contributed by atoms with Gasteiger partial charge in [0, 0.05) is 26.2 Å². The van der Waals surface area contributed by atoms with E-state index in [1.165, 1.54) is 4.31 Å². The Morgan fingerprint density at radius 1 is 1.18 bits per heavy atom. The normalized spacial score (nSPS) is 19.2. The molecule has 2 aromatic carbocycles. The monoisotopic (exact) mass is 552 g/mol. The Balaban J connectivity index is 0.00000135. The molecule has 210 valence electrons. The van der Waals surface area contributed by atoms with Gasteiger partial charge in [0.25, 0.3) is 5.91 Å². The number of nitrogens with zero attached hydrogens (tertiary/aromatic N) is 1. The molecule has 0 aromatic heterocycles. The van der Waals surface area contributed by atoms with Crippen LogP contribution in [0.2, 0.25) is 0 Å². The van der Waals surface area contributed by atoms with Gasteiger partial charge in [-0.15, -0.1) is 0 Å². The summed E-state index contributed by atoms with van der Waals surface area (Å²) in [7, 11) is 1.44. The number of aliphatic hydroxyl groups excluding tert-OH is 1. The average molecular weight is 553 g/mol.